The minimum Gasteiger partial charge on any atom is -0.303 e. The number of piperidine rings is 1. The minimum absolute atomic E-state index is 0.172. The summed E-state index contributed by atoms with van der Waals surface area (Å²) in [6, 6.07) is 0. The van der Waals surface area contributed by atoms with Gasteiger partial charge in [-0.1, -0.05) is 37.9 Å². The molecule has 0 amide bonds. The molecule has 0 bridgehead atoms. The van der Waals surface area contributed by atoms with Crippen molar-refractivity contribution in [2.45, 2.75) is 63.6 Å². The summed E-state index contributed by atoms with van der Waals surface area (Å²) >= 11 is 1.69. The van der Waals surface area contributed by atoms with E-state index in [0.29, 0.717) is 0 Å². The maximum atomic E-state index is 12.8. The topological polar surface area (TPSA) is 50.2 Å². The van der Waals surface area contributed by atoms with E-state index >= 15 is 0 Å². The SMILES string of the molecule is CCCCCc1c(NN2CCCCC2)nc2n(c1=O)CCS2. The van der Waals surface area contributed by atoms with Crippen LogP contribution in [0.2, 0.25) is 0 Å². The summed E-state index contributed by atoms with van der Waals surface area (Å²) in [7, 11) is 0. The Bertz CT molecular complexity index is 566. The van der Waals surface area contributed by atoms with E-state index in [9.17, 15) is 4.79 Å². The molecule has 5 nitrogen and oxygen atoms in total. The number of rotatable bonds is 6. The van der Waals surface area contributed by atoms with E-state index in [4.69, 9.17) is 4.98 Å². The third-order valence-electron chi connectivity index (χ3n) is 4.42. The Hall–Kier alpha value is -1.01. The molecule has 0 unspecified atom stereocenters. The van der Waals surface area contributed by atoms with Gasteiger partial charge in [-0.05, 0) is 25.7 Å². The number of hydrazine groups is 1. The predicted molar refractivity (Wildman–Crippen MR) is 91.5 cm³/mol. The average molecular weight is 322 g/mol. The Morgan fingerprint density at radius 2 is 2.00 bits per heavy atom. The second kappa shape index (κ2) is 7.51. The normalized spacial score (nSPS) is 18.4. The maximum absolute atomic E-state index is 12.8. The zero-order valence-corrected chi connectivity index (χ0v) is 14.3. The van der Waals surface area contributed by atoms with Crippen molar-refractivity contribution in [3.63, 3.8) is 0 Å². The van der Waals surface area contributed by atoms with Gasteiger partial charge in [0.1, 0.15) is 0 Å². The fourth-order valence-electron chi connectivity index (χ4n) is 3.14. The van der Waals surface area contributed by atoms with E-state index in [1.165, 1.54) is 32.1 Å². The Morgan fingerprint density at radius 1 is 1.18 bits per heavy atom. The van der Waals surface area contributed by atoms with Crippen LogP contribution >= 0.6 is 11.8 Å². The lowest BCUT2D eigenvalue weighted by atomic mass is 10.1. The zero-order chi connectivity index (χ0) is 15.4. The van der Waals surface area contributed by atoms with Crippen LogP contribution in [0.25, 0.3) is 0 Å². The predicted octanol–water partition coefficient (Wildman–Crippen LogP) is 2.89. The summed E-state index contributed by atoms with van der Waals surface area (Å²) in [6.45, 7) is 5.08. The number of nitrogens with one attached hydrogen (secondary N) is 1. The number of anilines is 1. The summed E-state index contributed by atoms with van der Waals surface area (Å²) in [6.07, 6.45) is 7.98. The number of hydrogen-bond acceptors (Lipinski definition) is 5. The molecule has 0 spiro atoms. The summed E-state index contributed by atoms with van der Waals surface area (Å²) < 4.78 is 1.85. The van der Waals surface area contributed by atoms with E-state index in [1.54, 1.807) is 11.8 Å². The van der Waals surface area contributed by atoms with Crippen molar-refractivity contribution in [3.05, 3.63) is 15.9 Å². The maximum Gasteiger partial charge on any atom is 0.259 e. The van der Waals surface area contributed by atoms with Gasteiger partial charge in [-0.3, -0.25) is 9.36 Å². The minimum atomic E-state index is 0.172. The molecule has 0 atom stereocenters. The lowest BCUT2D eigenvalue weighted by molar-refractivity contribution is 0.271. The molecular formula is C16H26N4OS. The first-order chi connectivity index (χ1) is 10.8. The second-order valence-corrected chi connectivity index (χ2v) is 7.21. The molecule has 2 aliphatic rings. The number of aromatic nitrogens is 2. The van der Waals surface area contributed by atoms with Crippen molar-refractivity contribution in [2.24, 2.45) is 0 Å². The molecule has 6 heteroatoms. The molecular weight excluding hydrogens is 296 g/mol. The van der Waals surface area contributed by atoms with Gasteiger partial charge in [0.05, 0.1) is 5.56 Å². The van der Waals surface area contributed by atoms with E-state index in [2.05, 4.69) is 17.4 Å². The van der Waals surface area contributed by atoms with Crippen molar-refractivity contribution < 1.29 is 0 Å². The van der Waals surface area contributed by atoms with E-state index < -0.39 is 0 Å². The first-order valence-corrected chi connectivity index (χ1v) is 9.56. The van der Waals surface area contributed by atoms with Gasteiger partial charge >= 0.3 is 0 Å². The molecule has 0 saturated carbocycles. The second-order valence-electron chi connectivity index (χ2n) is 6.14. The van der Waals surface area contributed by atoms with Crippen molar-refractivity contribution in [2.75, 3.05) is 24.3 Å². The Kier molecular flexibility index (Phi) is 5.41. The molecule has 0 radical (unpaired) electrons. The molecule has 0 aliphatic carbocycles. The quantitative estimate of drug-likeness (QED) is 0.645. The lowest BCUT2D eigenvalue weighted by Crippen LogP contribution is -2.37. The van der Waals surface area contributed by atoms with Crippen LogP contribution in [0.1, 0.15) is 51.0 Å². The van der Waals surface area contributed by atoms with Crippen LogP contribution in [0.4, 0.5) is 5.82 Å². The van der Waals surface area contributed by atoms with E-state index in [0.717, 1.165) is 54.8 Å². The van der Waals surface area contributed by atoms with Crippen molar-refractivity contribution >= 4 is 17.6 Å². The zero-order valence-electron chi connectivity index (χ0n) is 13.4. The molecule has 1 aromatic rings. The van der Waals surface area contributed by atoms with Gasteiger partial charge < -0.3 is 5.43 Å². The van der Waals surface area contributed by atoms with Crippen LogP contribution in [-0.2, 0) is 13.0 Å². The molecule has 1 fully saturated rings. The fraction of sp³-hybridized carbons (Fsp3) is 0.750. The third kappa shape index (κ3) is 3.49. The largest absolute Gasteiger partial charge is 0.303 e. The van der Waals surface area contributed by atoms with Crippen LogP contribution in [0.3, 0.4) is 0 Å². The van der Waals surface area contributed by atoms with E-state index in [1.807, 2.05) is 4.57 Å². The molecule has 1 aromatic heterocycles. The molecule has 3 rings (SSSR count). The van der Waals surface area contributed by atoms with Gasteiger partial charge in [-0.15, -0.1) is 0 Å². The molecule has 22 heavy (non-hydrogen) atoms. The molecule has 1 saturated heterocycles. The van der Waals surface area contributed by atoms with E-state index in [-0.39, 0.29) is 5.56 Å². The highest BCUT2D eigenvalue weighted by atomic mass is 32.2. The molecule has 2 aliphatic heterocycles. The van der Waals surface area contributed by atoms with Crippen molar-refractivity contribution in [1.82, 2.24) is 14.6 Å². The Balaban J connectivity index is 1.85. The number of nitrogens with zero attached hydrogens (tertiary/aromatic N) is 3. The molecule has 3 heterocycles. The van der Waals surface area contributed by atoms with Gasteiger partial charge in [0, 0.05) is 25.4 Å². The fourth-order valence-corrected chi connectivity index (χ4v) is 4.08. The number of fused-ring (bicyclic) bond motifs is 1. The summed E-state index contributed by atoms with van der Waals surface area (Å²) in [5.41, 5.74) is 4.49. The average Bonchev–Trinajstić information content (AvgIpc) is 3.00. The highest BCUT2D eigenvalue weighted by Gasteiger charge is 2.22. The first-order valence-electron chi connectivity index (χ1n) is 8.57. The summed E-state index contributed by atoms with van der Waals surface area (Å²) in [5.74, 6) is 1.77. The van der Waals surface area contributed by atoms with Gasteiger partial charge in [-0.2, -0.15) is 0 Å². The highest BCUT2D eigenvalue weighted by molar-refractivity contribution is 7.99. The molecule has 1 N–H and O–H groups in total. The van der Waals surface area contributed by atoms with Gasteiger partial charge in [-0.25, -0.2) is 9.99 Å². The van der Waals surface area contributed by atoms with Crippen LogP contribution in [0.5, 0.6) is 0 Å². The van der Waals surface area contributed by atoms with Crippen LogP contribution < -0.4 is 11.0 Å². The Morgan fingerprint density at radius 3 is 2.77 bits per heavy atom. The summed E-state index contributed by atoms with van der Waals surface area (Å²) in [4.78, 5) is 17.5. The van der Waals surface area contributed by atoms with Crippen molar-refractivity contribution in [3.8, 4) is 0 Å². The number of hydrogen-bond donors (Lipinski definition) is 1. The van der Waals surface area contributed by atoms with Crippen LogP contribution in [-0.4, -0.2) is 33.4 Å². The Labute approximate surface area is 136 Å². The summed E-state index contributed by atoms with van der Waals surface area (Å²) in [5, 5.41) is 3.11. The number of thioether (sulfide) groups is 1. The van der Waals surface area contributed by atoms with Gasteiger partial charge in [0.25, 0.3) is 5.56 Å². The standard InChI is InChI=1S/C16H26N4OS/c1-2-3-5-8-13-14(18-19-9-6-4-7-10-19)17-16-20(15(13)21)11-12-22-16/h18H,2-12H2,1H3. The lowest BCUT2D eigenvalue weighted by Gasteiger charge is -2.28. The molecule has 122 valence electrons. The van der Waals surface area contributed by atoms with Crippen molar-refractivity contribution in [1.29, 1.82) is 0 Å². The third-order valence-corrected chi connectivity index (χ3v) is 5.38. The van der Waals surface area contributed by atoms with Gasteiger partial charge in [0.2, 0.25) is 0 Å². The molecule has 0 aromatic carbocycles. The van der Waals surface area contributed by atoms with Gasteiger partial charge in [0.15, 0.2) is 11.0 Å². The number of unbranched alkanes of at least 4 members (excludes halogenated alkanes) is 2. The monoisotopic (exact) mass is 322 g/mol. The van der Waals surface area contributed by atoms with Crippen LogP contribution in [0, 0.1) is 0 Å². The van der Waals surface area contributed by atoms with Crippen LogP contribution in [0.15, 0.2) is 9.95 Å². The highest BCUT2D eigenvalue weighted by Crippen LogP contribution is 2.25. The first kappa shape index (κ1) is 15.9. The smallest absolute Gasteiger partial charge is 0.259 e.